The summed E-state index contributed by atoms with van der Waals surface area (Å²) in [7, 11) is 0. The molecule has 0 saturated carbocycles. The fraction of sp³-hybridized carbons (Fsp3) is 0. The summed E-state index contributed by atoms with van der Waals surface area (Å²) in [5, 5.41) is 4.91. The molecular formula is C23H13NOS. The molecule has 3 aromatic heterocycles. The zero-order valence-corrected chi connectivity index (χ0v) is 14.6. The van der Waals surface area contributed by atoms with E-state index in [0.717, 1.165) is 33.2 Å². The van der Waals surface area contributed by atoms with Crippen LogP contribution in [0.5, 0.6) is 0 Å². The lowest BCUT2D eigenvalue weighted by molar-refractivity contribution is 0.670. The van der Waals surface area contributed by atoms with Gasteiger partial charge >= 0.3 is 0 Å². The number of furan rings is 1. The maximum atomic E-state index is 6.31. The van der Waals surface area contributed by atoms with E-state index in [9.17, 15) is 0 Å². The van der Waals surface area contributed by atoms with Gasteiger partial charge in [0.25, 0.3) is 0 Å². The fourth-order valence-corrected chi connectivity index (χ4v) is 4.86. The number of rotatable bonds is 1. The van der Waals surface area contributed by atoms with E-state index in [1.165, 1.54) is 20.2 Å². The van der Waals surface area contributed by atoms with Crippen LogP contribution in [0, 0.1) is 0 Å². The molecule has 0 saturated heterocycles. The van der Waals surface area contributed by atoms with Crippen molar-refractivity contribution in [2.24, 2.45) is 0 Å². The molecule has 122 valence electrons. The van der Waals surface area contributed by atoms with Crippen molar-refractivity contribution in [2.45, 2.75) is 0 Å². The Kier molecular flexibility index (Phi) is 2.79. The average molecular weight is 351 g/mol. The lowest BCUT2D eigenvalue weighted by atomic mass is 10.0. The van der Waals surface area contributed by atoms with Gasteiger partial charge in [-0.2, -0.15) is 0 Å². The van der Waals surface area contributed by atoms with Crippen molar-refractivity contribution in [3.05, 3.63) is 79.0 Å². The second-order valence-electron chi connectivity index (χ2n) is 6.44. The van der Waals surface area contributed by atoms with Crippen molar-refractivity contribution < 1.29 is 4.42 Å². The van der Waals surface area contributed by atoms with Crippen LogP contribution >= 0.6 is 11.3 Å². The molecule has 0 spiro atoms. The normalized spacial score (nSPS) is 11.8. The van der Waals surface area contributed by atoms with Gasteiger partial charge in [0, 0.05) is 42.7 Å². The van der Waals surface area contributed by atoms with Crippen LogP contribution in [0.3, 0.4) is 0 Å². The number of para-hydroxylation sites is 1. The molecule has 0 aliphatic rings. The van der Waals surface area contributed by atoms with Gasteiger partial charge in [0.2, 0.25) is 0 Å². The summed E-state index contributed by atoms with van der Waals surface area (Å²) in [5.74, 6) is 0. The van der Waals surface area contributed by atoms with Crippen molar-refractivity contribution in [1.82, 2.24) is 4.98 Å². The van der Waals surface area contributed by atoms with Crippen LogP contribution in [-0.2, 0) is 0 Å². The Morgan fingerprint density at radius 1 is 0.692 bits per heavy atom. The first-order valence-electron chi connectivity index (χ1n) is 8.56. The summed E-state index contributed by atoms with van der Waals surface area (Å²) in [4.78, 5) is 4.50. The maximum absolute atomic E-state index is 6.31. The first-order chi connectivity index (χ1) is 12.9. The topological polar surface area (TPSA) is 26.0 Å². The number of fused-ring (bicyclic) bond motifs is 6. The first kappa shape index (κ1) is 14.0. The molecule has 2 nitrogen and oxygen atoms in total. The van der Waals surface area contributed by atoms with E-state index in [2.05, 4.69) is 59.6 Å². The fourth-order valence-electron chi connectivity index (χ4n) is 3.74. The van der Waals surface area contributed by atoms with Crippen LogP contribution in [0.25, 0.3) is 53.4 Å². The third-order valence-corrected chi connectivity index (χ3v) is 6.07. The molecule has 0 atom stereocenters. The Hall–Kier alpha value is -3.17. The zero-order chi connectivity index (χ0) is 17.1. The largest absolute Gasteiger partial charge is 0.455 e. The number of hydrogen-bond donors (Lipinski definition) is 0. The number of thiophene rings is 1. The summed E-state index contributed by atoms with van der Waals surface area (Å²) in [6.07, 6.45) is 1.82. The van der Waals surface area contributed by atoms with Gasteiger partial charge in [0.05, 0.1) is 5.69 Å². The van der Waals surface area contributed by atoms with E-state index in [1.807, 2.05) is 35.7 Å². The Morgan fingerprint density at radius 3 is 2.50 bits per heavy atom. The third-order valence-electron chi connectivity index (χ3n) is 4.94. The summed E-state index contributed by atoms with van der Waals surface area (Å²) in [6, 6.07) is 25.3. The van der Waals surface area contributed by atoms with E-state index in [4.69, 9.17) is 4.42 Å². The molecular weight excluding hydrogens is 338 g/mol. The van der Waals surface area contributed by atoms with Gasteiger partial charge in [0.15, 0.2) is 0 Å². The minimum atomic E-state index is 0.906. The SMILES string of the molecule is c1ccc(-c2cccc3c2oc2cc4sc5ccccc5c4cc23)nc1. The van der Waals surface area contributed by atoms with Gasteiger partial charge in [-0.25, -0.2) is 0 Å². The van der Waals surface area contributed by atoms with Gasteiger partial charge < -0.3 is 4.42 Å². The Labute approximate surface area is 153 Å². The quantitative estimate of drug-likeness (QED) is 0.318. The first-order valence-corrected chi connectivity index (χ1v) is 9.38. The van der Waals surface area contributed by atoms with Gasteiger partial charge in [-0.05, 0) is 36.4 Å². The second kappa shape index (κ2) is 5.16. The zero-order valence-electron chi connectivity index (χ0n) is 13.8. The highest BCUT2D eigenvalue weighted by Crippen LogP contribution is 2.41. The molecule has 3 heterocycles. The highest BCUT2D eigenvalue weighted by atomic mass is 32.1. The Balaban J connectivity index is 1.74. The lowest BCUT2D eigenvalue weighted by Gasteiger charge is -2.00. The number of aromatic nitrogens is 1. The van der Waals surface area contributed by atoms with Gasteiger partial charge in [-0.3, -0.25) is 4.98 Å². The van der Waals surface area contributed by atoms with Crippen LogP contribution in [0.2, 0.25) is 0 Å². The van der Waals surface area contributed by atoms with Crippen molar-refractivity contribution in [1.29, 1.82) is 0 Å². The molecule has 0 fully saturated rings. The maximum Gasteiger partial charge on any atom is 0.144 e. The third kappa shape index (κ3) is 1.89. The van der Waals surface area contributed by atoms with Crippen LogP contribution in [-0.4, -0.2) is 4.98 Å². The van der Waals surface area contributed by atoms with Crippen LogP contribution in [0.4, 0.5) is 0 Å². The highest BCUT2D eigenvalue weighted by molar-refractivity contribution is 7.25. The predicted octanol–water partition coefficient (Wildman–Crippen LogP) is 7.02. The molecule has 0 aliphatic heterocycles. The molecule has 0 aliphatic carbocycles. The highest BCUT2D eigenvalue weighted by Gasteiger charge is 2.15. The van der Waals surface area contributed by atoms with Crippen LogP contribution in [0.15, 0.2) is 83.4 Å². The molecule has 6 aromatic rings. The van der Waals surface area contributed by atoms with Gasteiger partial charge in [-0.1, -0.05) is 36.4 Å². The van der Waals surface area contributed by atoms with Gasteiger partial charge in [0.1, 0.15) is 11.2 Å². The summed E-state index contributed by atoms with van der Waals surface area (Å²) in [5.41, 5.74) is 3.81. The summed E-state index contributed by atoms with van der Waals surface area (Å²) < 4.78 is 8.88. The molecule has 0 bridgehead atoms. The van der Waals surface area contributed by atoms with Crippen molar-refractivity contribution in [2.75, 3.05) is 0 Å². The second-order valence-corrected chi connectivity index (χ2v) is 7.53. The van der Waals surface area contributed by atoms with Crippen molar-refractivity contribution in [3.63, 3.8) is 0 Å². The average Bonchev–Trinajstić information content (AvgIpc) is 3.24. The molecule has 3 aromatic carbocycles. The van der Waals surface area contributed by atoms with E-state index in [0.29, 0.717) is 0 Å². The number of hydrogen-bond acceptors (Lipinski definition) is 3. The van der Waals surface area contributed by atoms with Crippen LogP contribution in [0.1, 0.15) is 0 Å². The predicted molar refractivity (Wildman–Crippen MR) is 110 cm³/mol. The van der Waals surface area contributed by atoms with E-state index in [1.54, 1.807) is 0 Å². The lowest BCUT2D eigenvalue weighted by Crippen LogP contribution is -1.81. The van der Waals surface area contributed by atoms with E-state index in [-0.39, 0.29) is 0 Å². The molecule has 0 amide bonds. The van der Waals surface area contributed by atoms with E-state index < -0.39 is 0 Å². The summed E-state index contributed by atoms with van der Waals surface area (Å²) in [6.45, 7) is 0. The van der Waals surface area contributed by atoms with Crippen molar-refractivity contribution >= 4 is 53.4 Å². The number of pyridine rings is 1. The summed E-state index contributed by atoms with van der Waals surface area (Å²) >= 11 is 1.81. The minimum Gasteiger partial charge on any atom is -0.455 e. The molecule has 0 unspecified atom stereocenters. The van der Waals surface area contributed by atoms with Crippen molar-refractivity contribution in [3.8, 4) is 11.3 Å². The molecule has 3 heteroatoms. The molecule has 26 heavy (non-hydrogen) atoms. The molecule has 0 N–H and O–H groups in total. The monoisotopic (exact) mass is 351 g/mol. The van der Waals surface area contributed by atoms with Gasteiger partial charge in [-0.15, -0.1) is 11.3 Å². The van der Waals surface area contributed by atoms with Crippen LogP contribution < -0.4 is 0 Å². The minimum absolute atomic E-state index is 0.906. The Morgan fingerprint density at radius 2 is 1.58 bits per heavy atom. The standard InChI is InChI=1S/C23H13NOS/c1-2-10-21-14(6-1)18-12-17-15-7-5-8-16(19-9-3-4-11-24-19)23(15)25-20(17)13-22(18)26-21/h1-13H. The Bertz CT molecular complexity index is 1430. The van der Waals surface area contributed by atoms with E-state index >= 15 is 0 Å². The molecule has 0 radical (unpaired) electrons. The number of nitrogens with zero attached hydrogens (tertiary/aromatic N) is 1. The smallest absolute Gasteiger partial charge is 0.144 e. The number of benzene rings is 3. The molecule has 6 rings (SSSR count).